The minimum Gasteiger partial charge on any atom is -0.477 e. The molecule has 0 aliphatic carbocycles. The van der Waals surface area contributed by atoms with Gasteiger partial charge >= 0.3 is 18.0 Å². The summed E-state index contributed by atoms with van der Waals surface area (Å²) in [5.41, 5.74) is 0.758. The molecule has 2 fully saturated rings. The van der Waals surface area contributed by atoms with Crippen molar-refractivity contribution in [3.63, 3.8) is 0 Å². The number of carbonyl (C=O) groups excluding carboxylic acids is 5. The van der Waals surface area contributed by atoms with Gasteiger partial charge in [-0.3, -0.25) is 24.2 Å². The van der Waals surface area contributed by atoms with Gasteiger partial charge in [-0.15, -0.1) is 16.9 Å². The number of imide groups is 2. The van der Waals surface area contributed by atoms with Crippen LogP contribution in [0.1, 0.15) is 18.5 Å². The first-order chi connectivity index (χ1) is 20.1. The molecule has 0 radical (unpaired) electrons. The van der Waals surface area contributed by atoms with Crippen molar-refractivity contribution in [3.8, 4) is 0 Å². The molecule has 2 saturated heterocycles. The molecule has 0 saturated carbocycles. The van der Waals surface area contributed by atoms with Crippen molar-refractivity contribution in [2.45, 2.75) is 29.5 Å². The largest absolute Gasteiger partial charge is 0.477 e. The van der Waals surface area contributed by atoms with Crippen LogP contribution in [-0.2, 0) is 26.2 Å². The molecule has 16 nitrogen and oxygen atoms in total. The summed E-state index contributed by atoms with van der Waals surface area (Å²) in [5.74, 6) is -2.56. The number of fused-ring (bicyclic) bond motifs is 1. The van der Waals surface area contributed by atoms with Crippen LogP contribution in [0.3, 0.4) is 0 Å². The number of benzene rings is 1. The Morgan fingerprint density at radius 3 is 2.48 bits per heavy atom. The molecule has 3 aliphatic heterocycles. The van der Waals surface area contributed by atoms with Crippen LogP contribution in [-0.4, -0.2) is 112 Å². The molecule has 3 N–H and O–H groups in total. The molecule has 0 bridgehead atoms. The Labute approximate surface area is 246 Å². The molecule has 2 aromatic rings. The Hall–Kier alpha value is -4.45. The topological polar surface area (TPSA) is 200 Å². The number of rotatable bonds is 8. The maximum atomic E-state index is 13.5. The van der Waals surface area contributed by atoms with E-state index in [1.807, 2.05) is 0 Å². The smallest absolute Gasteiger partial charge is 0.352 e. The van der Waals surface area contributed by atoms with E-state index in [0.29, 0.717) is 22.0 Å². The second-order valence-electron chi connectivity index (χ2n) is 9.43. The van der Waals surface area contributed by atoms with Crippen LogP contribution in [0.2, 0.25) is 0 Å². The Kier molecular flexibility index (Phi) is 8.17. The number of carboxylic acid groups (broad SMARTS) is 1. The third-order valence-corrected chi connectivity index (χ3v) is 9.24. The molecule has 2 unspecified atom stereocenters. The van der Waals surface area contributed by atoms with Gasteiger partial charge in [0.05, 0.1) is 6.54 Å². The van der Waals surface area contributed by atoms with Gasteiger partial charge in [-0.2, -0.15) is 0 Å². The van der Waals surface area contributed by atoms with E-state index in [1.165, 1.54) is 35.1 Å². The number of aromatic nitrogens is 4. The molecule has 1 aromatic heterocycles. The fraction of sp³-hybridized carbons (Fsp3) is 0.375. The molecular formula is C24H25N9O7S2. The van der Waals surface area contributed by atoms with Gasteiger partial charge in [0.1, 0.15) is 23.2 Å². The van der Waals surface area contributed by atoms with E-state index in [-0.39, 0.29) is 24.5 Å². The number of urea groups is 2. The van der Waals surface area contributed by atoms with Crippen molar-refractivity contribution in [2.75, 3.05) is 24.6 Å². The fourth-order valence-corrected chi connectivity index (χ4v) is 7.03. The Morgan fingerprint density at radius 2 is 1.86 bits per heavy atom. The highest BCUT2D eigenvalue weighted by Gasteiger charge is 2.54. The van der Waals surface area contributed by atoms with E-state index in [4.69, 9.17) is 0 Å². The molecule has 7 amide bonds. The van der Waals surface area contributed by atoms with E-state index in [9.17, 15) is 33.9 Å². The van der Waals surface area contributed by atoms with Gasteiger partial charge in [0, 0.05) is 32.0 Å². The SMILES string of the molecule is CC(=O)N1CCN(C(=O)NC(C(=O)NC2C(=O)N3C(C(=O)O)=C(CSc4nnnn4C)CS[C@@H]23)c2ccccc2)C1=O. The minimum atomic E-state index is -1.28. The summed E-state index contributed by atoms with van der Waals surface area (Å²) in [6.45, 7) is 1.20. The Bertz CT molecular complexity index is 1500. The van der Waals surface area contributed by atoms with Crippen molar-refractivity contribution in [1.82, 2.24) is 45.5 Å². The average Bonchev–Trinajstić information content (AvgIpc) is 3.57. The van der Waals surface area contributed by atoms with Crippen molar-refractivity contribution < 1.29 is 33.9 Å². The number of carbonyl (C=O) groups is 6. The van der Waals surface area contributed by atoms with Crippen LogP contribution < -0.4 is 10.6 Å². The van der Waals surface area contributed by atoms with Crippen LogP contribution >= 0.6 is 23.5 Å². The molecule has 42 heavy (non-hydrogen) atoms. The molecule has 1 aromatic carbocycles. The van der Waals surface area contributed by atoms with Gasteiger partial charge in [-0.1, -0.05) is 42.1 Å². The van der Waals surface area contributed by atoms with E-state index in [0.717, 1.165) is 14.7 Å². The number of hydrogen-bond acceptors (Lipinski definition) is 11. The number of β-lactam (4-membered cyclic amide) rings is 1. The highest BCUT2D eigenvalue weighted by Crippen LogP contribution is 2.41. The summed E-state index contributed by atoms with van der Waals surface area (Å²) in [6.07, 6.45) is 0. The Morgan fingerprint density at radius 1 is 1.14 bits per heavy atom. The predicted octanol–water partition coefficient (Wildman–Crippen LogP) is -0.224. The first kappa shape index (κ1) is 29.1. The number of nitrogens with zero attached hydrogens (tertiary/aromatic N) is 7. The number of thioether (sulfide) groups is 2. The summed E-state index contributed by atoms with van der Waals surface area (Å²) in [6, 6.07) is 4.24. The third kappa shape index (κ3) is 5.41. The Balaban J connectivity index is 1.30. The van der Waals surface area contributed by atoms with E-state index in [1.54, 1.807) is 37.4 Å². The first-order valence-corrected chi connectivity index (χ1v) is 14.6. The van der Waals surface area contributed by atoms with Crippen LogP contribution in [0.4, 0.5) is 9.59 Å². The monoisotopic (exact) mass is 615 g/mol. The van der Waals surface area contributed by atoms with Gasteiger partial charge in [0.2, 0.25) is 17.0 Å². The minimum absolute atomic E-state index is 0.0322. The molecule has 3 atom stereocenters. The zero-order valence-corrected chi connectivity index (χ0v) is 23.9. The summed E-state index contributed by atoms with van der Waals surface area (Å²) in [5, 5.41) is 26.1. The number of amides is 7. The van der Waals surface area contributed by atoms with E-state index in [2.05, 4.69) is 26.2 Å². The van der Waals surface area contributed by atoms with Gasteiger partial charge in [0.25, 0.3) is 5.91 Å². The van der Waals surface area contributed by atoms with Gasteiger partial charge in [-0.05, 0) is 21.6 Å². The predicted molar refractivity (Wildman–Crippen MR) is 146 cm³/mol. The van der Waals surface area contributed by atoms with Crippen molar-refractivity contribution in [2.24, 2.45) is 7.05 Å². The van der Waals surface area contributed by atoms with Gasteiger partial charge in [0.15, 0.2) is 0 Å². The van der Waals surface area contributed by atoms with E-state index < -0.39 is 53.2 Å². The summed E-state index contributed by atoms with van der Waals surface area (Å²) in [7, 11) is 1.65. The molecular weight excluding hydrogens is 590 g/mol. The molecule has 0 spiro atoms. The fourth-order valence-electron chi connectivity index (χ4n) is 4.69. The number of aliphatic carboxylic acids is 1. The number of carboxylic acids is 1. The number of aryl methyl sites for hydroxylation is 1. The molecule has 5 rings (SSSR count). The lowest BCUT2D eigenvalue weighted by atomic mass is 10.0. The zero-order chi connectivity index (χ0) is 30.1. The highest BCUT2D eigenvalue weighted by molar-refractivity contribution is 8.01. The van der Waals surface area contributed by atoms with Crippen LogP contribution in [0.5, 0.6) is 0 Å². The van der Waals surface area contributed by atoms with Crippen molar-refractivity contribution in [3.05, 3.63) is 47.2 Å². The lowest BCUT2D eigenvalue weighted by Crippen LogP contribution is -2.71. The van der Waals surface area contributed by atoms with Crippen LogP contribution in [0.15, 0.2) is 46.8 Å². The highest BCUT2D eigenvalue weighted by atomic mass is 32.2. The molecule has 18 heteroatoms. The third-order valence-electron chi connectivity index (χ3n) is 6.80. The number of hydrogen-bond donors (Lipinski definition) is 3. The quantitative estimate of drug-likeness (QED) is 0.261. The lowest BCUT2D eigenvalue weighted by Gasteiger charge is -2.49. The second kappa shape index (κ2) is 11.8. The van der Waals surface area contributed by atoms with Crippen LogP contribution in [0.25, 0.3) is 0 Å². The first-order valence-electron chi connectivity index (χ1n) is 12.6. The maximum absolute atomic E-state index is 13.5. The van der Waals surface area contributed by atoms with Gasteiger partial charge < -0.3 is 15.7 Å². The number of nitrogens with one attached hydrogen (secondary N) is 2. The second-order valence-corrected chi connectivity index (χ2v) is 11.5. The summed E-state index contributed by atoms with van der Waals surface area (Å²) >= 11 is 2.54. The molecule has 3 aliphatic rings. The van der Waals surface area contributed by atoms with E-state index >= 15 is 0 Å². The van der Waals surface area contributed by atoms with Crippen LogP contribution in [0, 0.1) is 0 Å². The zero-order valence-electron chi connectivity index (χ0n) is 22.3. The summed E-state index contributed by atoms with van der Waals surface area (Å²) < 4.78 is 1.45. The summed E-state index contributed by atoms with van der Waals surface area (Å²) in [4.78, 5) is 78.9. The standard InChI is InChI=1S/C24H25N9O7S2/c1-12(34)31-8-9-32(24(31)40)22(39)26-15(13-6-4-3-5-7-13)18(35)25-16-19(36)33-17(21(37)38)14(10-41-20(16)33)11-42-23-27-28-29-30(23)2/h3-7,15-16,20H,8-11H2,1-2H3,(H,25,35)(H,26,39)(H,37,38)/t15?,16?,20-/m0/s1. The van der Waals surface area contributed by atoms with Gasteiger partial charge in [-0.25, -0.2) is 24.0 Å². The number of tetrazole rings is 1. The molecule has 220 valence electrons. The van der Waals surface area contributed by atoms with Crippen molar-refractivity contribution >= 4 is 59.3 Å². The molecule has 4 heterocycles. The van der Waals surface area contributed by atoms with Crippen molar-refractivity contribution in [1.29, 1.82) is 0 Å². The normalized spacial score (nSPS) is 20.7. The maximum Gasteiger partial charge on any atom is 0.352 e. The lowest BCUT2D eigenvalue weighted by molar-refractivity contribution is -0.151. The average molecular weight is 616 g/mol.